The summed E-state index contributed by atoms with van der Waals surface area (Å²) in [6.07, 6.45) is 1.78. The molecule has 2 aliphatic rings. The van der Waals surface area contributed by atoms with Crippen LogP contribution >= 0.6 is 0 Å². The monoisotopic (exact) mass is 421 g/mol. The van der Waals surface area contributed by atoms with E-state index in [1.165, 1.54) is 0 Å². The molecule has 162 valence electrons. The van der Waals surface area contributed by atoms with Gasteiger partial charge in [0.1, 0.15) is 22.7 Å². The molecule has 1 N–H and O–H groups in total. The number of hydrogen-bond acceptors (Lipinski definition) is 6. The van der Waals surface area contributed by atoms with Gasteiger partial charge in [-0.3, -0.25) is 0 Å². The molecule has 3 aromatic rings. The summed E-state index contributed by atoms with van der Waals surface area (Å²) in [4.78, 5) is 15.4. The molecule has 1 spiro atoms. The van der Waals surface area contributed by atoms with Gasteiger partial charge in [-0.15, -0.1) is 0 Å². The lowest BCUT2D eigenvalue weighted by molar-refractivity contribution is -0.104. The second-order valence-electron chi connectivity index (χ2n) is 8.60. The van der Waals surface area contributed by atoms with Gasteiger partial charge in [0.25, 0.3) is 0 Å². The van der Waals surface area contributed by atoms with E-state index in [0.717, 1.165) is 50.4 Å². The number of phenolic OH excluding ortho intramolecular Hbond substituents is 1. The number of likely N-dealkylation sites (tertiary alicyclic amines) is 1. The van der Waals surface area contributed by atoms with Crippen molar-refractivity contribution >= 4 is 16.9 Å². The van der Waals surface area contributed by atoms with Crippen LogP contribution in [0.5, 0.6) is 5.75 Å². The van der Waals surface area contributed by atoms with Gasteiger partial charge < -0.3 is 23.9 Å². The lowest BCUT2D eigenvalue weighted by Crippen LogP contribution is -2.44. The molecule has 0 atom stereocenters. The summed E-state index contributed by atoms with van der Waals surface area (Å²) in [5.41, 5.74) is 2.83. The van der Waals surface area contributed by atoms with E-state index in [0.29, 0.717) is 34.1 Å². The molecule has 2 aliphatic heterocycles. The van der Waals surface area contributed by atoms with Gasteiger partial charge in [0.05, 0.1) is 19.8 Å². The second kappa shape index (κ2) is 8.02. The van der Waals surface area contributed by atoms with E-state index in [-0.39, 0.29) is 12.4 Å². The summed E-state index contributed by atoms with van der Waals surface area (Å²) in [5.74, 6) is 0.227. The number of furan rings is 1. The molecule has 2 aromatic carbocycles. The summed E-state index contributed by atoms with van der Waals surface area (Å²) in [5, 5.41) is 11.4. The predicted octanol–water partition coefficient (Wildman–Crippen LogP) is 4.25. The minimum absolute atomic E-state index is 0.180. The van der Waals surface area contributed by atoms with Crippen LogP contribution in [0, 0.1) is 5.41 Å². The molecule has 3 heterocycles. The third kappa shape index (κ3) is 3.60. The molecule has 1 aromatic heterocycles. The Hall–Kier alpha value is -2.83. The van der Waals surface area contributed by atoms with Crippen molar-refractivity contribution in [1.82, 2.24) is 4.90 Å². The number of benzene rings is 2. The molecular weight excluding hydrogens is 394 g/mol. The maximum Gasteiger partial charge on any atom is 0.342 e. The first-order valence-corrected chi connectivity index (χ1v) is 10.9. The Morgan fingerprint density at radius 2 is 2.00 bits per heavy atom. The Balaban J connectivity index is 1.53. The van der Waals surface area contributed by atoms with E-state index in [4.69, 9.17) is 13.9 Å². The third-order valence-corrected chi connectivity index (χ3v) is 6.47. The normalized spacial score (nSPS) is 17.8. The van der Waals surface area contributed by atoms with Crippen molar-refractivity contribution in [1.29, 1.82) is 0 Å². The molecule has 0 saturated carbocycles. The van der Waals surface area contributed by atoms with Crippen LogP contribution in [-0.2, 0) is 15.9 Å². The van der Waals surface area contributed by atoms with Crippen LogP contribution in [0.25, 0.3) is 22.3 Å². The summed E-state index contributed by atoms with van der Waals surface area (Å²) < 4.78 is 16.9. The first-order valence-electron chi connectivity index (χ1n) is 10.9. The number of esters is 1. The van der Waals surface area contributed by atoms with Crippen LogP contribution in [0.2, 0.25) is 0 Å². The molecule has 2 saturated heterocycles. The molecule has 6 nitrogen and oxygen atoms in total. The zero-order valence-electron chi connectivity index (χ0n) is 17.7. The van der Waals surface area contributed by atoms with Crippen molar-refractivity contribution in [2.24, 2.45) is 5.41 Å². The number of ether oxygens (including phenoxy) is 2. The molecule has 0 aliphatic carbocycles. The Labute approximate surface area is 181 Å². The van der Waals surface area contributed by atoms with E-state index >= 15 is 0 Å². The summed E-state index contributed by atoms with van der Waals surface area (Å²) in [6, 6.07) is 12.9. The third-order valence-electron chi connectivity index (χ3n) is 6.47. The molecule has 6 heteroatoms. The molecule has 5 rings (SSSR count). The first kappa shape index (κ1) is 20.1. The highest BCUT2D eigenvalue weighted by Crippen LogP contribution is 2.40. The van der Waals surface area contributed by atoms with Crippen molar-refractivity contribution in [3.05, 3.63) is 53.6 Å². The van der Waals surface area contributed by atoms with Gasteiger partial charge in [-0.1, -0.05) is 30.3 Å². The number of rotatable bonds is 6. The lowest BCUT2D eigenvalue weighted by Gasteiger charge is -2.37. The zero-order valence-corrected chi connectivity index (χ0v) is 17.7. The van der Waals surface area contributed by atoms with Gasteiger partial charge in [-0.2, -0.15) is 0 Å². The van der Waals surface area contributed by atoms with E-state index in [1.54, 1.807) is 19.1 Å². The SMILES string of the molecule is CCOC(=O)c1c(-c2ccccc2)oc2ccc(O)c(CCN3CCC4(COC4)C3)c12. The summed E-state index contributed by atoms with van der Waals surface area (Å²) in [7, 11) is 0. The predicted molar refractivity (Wildman–Crippen MR) is 117 cm³/mol. The van der Waals surface area contributed by atoms with Crippen LogP contribution in [-0.4, -0.2) is 55.4 Å². The Morgan fingerprint density at radius 3 is 2.68 bits per heavy atom. The number of aromatic hydroxyl groups is 1. The molecule has 0 radical (unpaired) electrons. The van der Waals surface area contributed by atoms with Gasteiger partial charge in [0.15, 0.2) is 0 Å². The number of phenols is 1. The molecule has 0 unspecified atom stereocenters. The van der Waals surface area contributed by atoms with E-state index in [1.807, 2.05) is 30.3 Å². The maximum absolute atomic E-state index is 13.0. The van der Waals surface area contributed by atoms with E-state index in [2.05, 4.69) is 4.90 Å². The second-order valence-corrected chi connectivity index (χ2v) is 8.60. The number of fused-ring (bicyclic) bond motifs is 1. The summed E-state index contributed by atoms with van der Waals surface area (Å²) >= 11 is 0. The Bertz CT molecular complexity index is 1100. The number of nitrogens with zero attached hydrogens (tertiary/aromatic N) is 1. The molecule has 31 heavy (non-hydrogen) atoms. The van der Waals surface area contributed by atoms with Crippen molar-refractivity contribution in [2.45, 2.75) is 19.8 Å². The highest BCUT2D eigenvalue weighted by Gasteiger charge is 2.44. The van der Waals surface area contributed by atoms with Crippen LogP contribution in [0.3, 0.4) is 0 Å². The Morgan fingerprint density at radius 1 is 1.19 bits per heavy atom. The smallest absolute Gasteiger partial charge is 0.342 e. The molecule has 2 fully saturated rings. The largest absolute Gasteiger partial charge is 0.508 e. The van der Waals surface area contributed by atoms with Crippen LogP contribution in [0.15, 0.2) is 46.9 Å². The fraction of sp³-hybridized carbons (Fsp3) is 0.400. The maximum atomic E-state index is 13.0. The van der Waals surface area contributed by atoms with Gasteiger partial charge in [0, 0.05) is 35.0 Å². The standard InChI is InChI=1S/C25H27NO5/c1-2-30-24(28)22-21-18(10-12-26-13-11-25(14-26)15-29-16-25)19(27)8-9-20(21)31-23(22)17-6-4-3-5-7-17/h3-9,27H,2,10-16H2,1H3. The van der Waals surface area contributed by atoms with E-state index in [9.17, 15) is 9.90 Å². The lowest BCUT2D eigenvalue weighted by atomic mass is 9.85. The average Bonchev–Trinajstić information content (AvgIpc) is 3.36. The fourth-order valence-corrected chi connectivity index (χ4v) is 4.81. The Kier molecular flexibility index (Phi) is 5.20. The molecular formula is C25H27NO5. The van der Waals surface area contributed by atoms with Crippen molar-refractivity contribution < 1.29 is 23.8 Å². The van der Waals surface area contributed by atoms with Gasteiger partial charge in [-0.25, -0.2) is 4.79 Å². The minimum Gasteiger partial charge on any atom is -0.508 e. The minimum atomic E-state index is -0.432. The summed E-state index contributed by atoms with van der Waals surface area (Å²) in [6.45, 7) is 6.61. The van der Waals surface area contributed by atoms with Gasteiger partial charge >= 0.3 is 5.97 Å². The van der Waals surface area contributed by atoms with Crippen LogP contribution in [0.4, 0.5) is 0 Å². The average molecular weight is 421 g/mol. The van der Waals surface area contributed by atoms with Crippen molar-refractivity contribution in [3.63, 3.8) is 0 Å². The number of carbonyl (C=O) groups excluding carboxylic acids is 1. The van der Waals surface area contributed by atoms with Gasteiger partial charge in [0.2, 0.25) is 0 Å². The van der Waals surface area contributed by atoms with Crippen LogP contribution in [0.1, 0.15) is 29.3 Å². The highest BCUT2D eigenvalue weighted by atomic mass is 16.5. The van der Waals surface area contributed by atoms with Gasteiger partial charge in [-0.05, 0) is 38.4 Å². The van der Waals surface area contributed by atoms with Crippen molar-refractivity contribution in [3.8, 4) is 17.1 Å². The first-order chi connectivity index (χ1) is 15.1. The topological polar surface area (TPSA) is 72.1 Å². The quantitative estimate of drug-likeness (QED) is 0.600. The molecule has 0 bridgehead atoms. The highest BCUT2D eigenvalue weighted by molar-refractivity contribution is 6.10. The fourth-order valence-electron chi connectivity index (χ4n) is 4.81. The van der Waals surface area contributed by atoms with E-state index < -0.39 is 5.97 Å². The van der Waals surface area contributed by atoms with Crippen molar-refractivity contribution in [2.75, 3.05) is 39.5 Å². The molecule has 0 amide bonds. The number of hydrogen-bond donors (Lipinski definition) is 1. The number of carbonyl (C=O) groups is 1. The zero-order chi connectivity index (χ0) is 21.4. The van der Waals surface area contributed by atoms with Crippen LogP contribution < -0.4 is 0 Å².